The average molecular weight is 344 g/mol. The minimum absolute atomic E-state index is 0.135. The zero-order valence-electron chi connectivity index (χ0n) is 13.8. The van der Waals surface area contributed by atoms with Crippen molar-refractivity contribution in [3.63, 3.8) is 0 Å². The number of aliphatic hydroxyl groups is 1. The van der Waals surface area contributed by atoms with Gasteiger partial charge in [0.1, 0.15) is 17.7 Å². The van der Waals surface area contributed by atoms with Crippen LogP contribution in [0.1, 0.15) is 23.6 Å². The van der Waals surface area contributed by atoms with E-state index in [0.717, 1.165) is 4.57 Å². The molecule has 0 aliphatic carbocycles. The molecule has 2 aromatic rings. The molecule has 130 valence electrons. The van der Waals surface area contributed by atoms with Crippen molar-refractivity contribution in [3.05, 3.63) is 62.0 Å². The maximum atomic E-state index is 13.6. The Balaban J connectivity index is 2.23. The van der Waals surface area contributed by atoms with Gasteiger partial charge in [0.25, 0.3) is 5.56 Å². The molecule has 25 heavy (non-hydrogen) atoms. The van der Waals surface area contributed by atoms with E-state index < -0.39 is 29.2 Å². The summed E-state index contributed by atoms with van der Waals surface area (Å²) in [4.78, 5) is 26.2. The largest absolute Gasteiger partial charge is 0.391 e. The Hall–Kier alpha value is -2.92. The van der Waals surface area contributed by atoms with Crippen LogP contribution in [-0.2, 0) is 14.1 Å². The quantitative estimate of drug-likeness (QED) is 0.852. The Kier molecular flexibility index (Phi) is 4.18. The summed E-state index contributed by atoms with van der Waals surface area (Å²) in [5, 5.41) is 19.6. The Morgan fingerprint density at radius 1 is 1.28 bits per heavy atom. The molecule has 0 saturated carbocycles. The minimum Gasteiger partial charge on any atom is -0.391 e. The second kappa shape index (κ2) is 6.18. The lowest BCUT2D eigenvalue weighted by molar-refractivity contribution is 0.194. The molecule has 2 heterocycles. The molecule has 7 nitrogen and oxygen atoms in total. The van der Waals surface area contributed by atoms with Gasteiger partial charge in [-0.15, -0.1) is 0 Å². The van der Waals surface area contributed by atoms with Crippen LogP contribution in [0.5, 0.6) is 0 Å². The van der Waals surface area contributed by atoms with E-state index >= 15 is 0 Å². The first-order valence-electron chi connectivity index (χ1n) is 7.75. The molecule has 8 heteroatoms. The summed E-state index contributed by atoms with van der Waals surface area (Å²) >= 11 is 0. The molecule has 3 rings (SSSR count). The van der Waals surface area contributed by atoms with Crippen molar-refractivity contribution >= 4 is 5.82 Å². The van der Waals surface area contributed by atoms with Crippen molar-refractivity contribution in [2.75, 3.05) is 11.4 Å². The predicted molar refractivity (Wildman–Crippen MR) is 88.7 cm³/mol. The summed E-state index contributed by atoms with van der Waals surface area (Å²) < 4.78 is 15.7. The summed E-state index contributed by atoms with van der Waals surface area (Å²) in [5.74, 6) is -0.279. The van der Waals surface area contributed by atoms with Gasteiger partial charge in [-0.05, 0) is 24.1 Å². The molecule has 1 fully saturated rings. The van der Waals surface area contributed by atoms with Crippen LogP contribution in [-0.4, -0.2) is 26.9 Å². The van der Waals surface area contributed by atoms with E-state index in [4.69, 9.17) is 0 Å². The first-order chi connectivity index (χ1) is 11.8. The Labute approximate surface area is 142 Å². The lowest BCUT2D eigenvalue weighted by Crippen LogP contribution is -2.42. The number of nitrogens with zero attached hydrogens (tertiary/aromatic N) is 4. The summed E-state index contributed by atoms with van der Waals surface area (Å²) in [7, 11) is 2.77. The summed E-state index contributed by atoms with van der Waals surface area (Å²) in [6, 6.07) is 7.34. The van der Waals surface area contributed by atoms with E-state index in [0.29, 0.717) is 12.0 Å². The van der Waals surface area contributed by atoms with Gasteiger partial charge in [0, 0.05) is 20.6 Å². The molecule has 1 aromatic heterocycles. The van der Waals surface area contributed by atoms with E-state index in [1.807, 2.05) is 6.07 Å². The van der Waals surface area contributed by atoms with Gasteiger partial charge in [-0.25, -0.2) is 9.18 Å². The molecule has 2 atom stereocenters. The lowest BCUT2D eigenvalue weighted by atomic mass is 10.0. The third kappa shape index (κ3) is 2.72. The first-order valence-corrected chi connectivity index (χ1v) is 7.75. The molecule has 0 spiro atoms. The highest BCUT2D eigenvalue weighted by Gasteiger charge is 2.36. The third-order valence-electron chi connectivity index (χ3n) is 4.53. The zero-order chi connectivity index (χ0) is 18.3. The fourth-order valence-electron chi connectivity index (χ4n) is 3.35. The molecule has 1 aliphatic heterocycles. The highest BCUT2D eigenvalue weighted by Crippen LogP contribution is 2.36. The number of aromatic nitrogens is 2. The van der Waals surface area contributed by atoms with Crippen LogP contribution in [0.15, 0.2) is 33.9 Å². The SMILES string of the molecule is Cn1c(N2C[C@H](O)C[C@H]2c2cccc(F)c2)c(C#N)c(=O)n(C)c1=O. The van der Waals surface area contributed by atoms with Gasteiger partial charge in [0.15, 0.2) is 5.56 Å². The maximum Gasteiger partial charge on any atom is 0.332 e. The number of hydrogen-bond acceptors (Lipinski definition) is 5. The number of benzene rings is 1. The van der Waals surface area contributed by atoms with Gasteiger partial charge in [-0.3, -0.25) is 13.9 Å². The molecule has 0 unspecified atom stereocenters. The van der Waals surface area contributed by atoms with Crippen LogP contribution in [0.4, 0.5) is 10.2 Å². The number of rotatable bonds is 2. The molecule has 1 N–H and O–H groups in total. The summed E-state index contributed by atoms with van der Waals surface area (Å²) in [6.07, 6.45) is -0.420. The van der Waals surface area contributed by atoms with Crippen LogP contribution in [0.3, 0.4) is 0 Å². The molecule has 1 saturated heterocycles. The van der Waals surface area contributed by atoms with Crippen molar-refractivity contribution in [1.29, 1.82) is 5.26 Å². The van der Waals surface area contributed by atoms with Gasteiger partial charge in [-0.2, -0.15) is 5.26 Å². The predicted octanol–water partition coefficient (Wildman–Crippen LogP) is 0.407. The van der Waals surface area contributed by atoms with E-state index in [-0.39, 0.29) is 17.9 Å². The minimum atomic E-state index is -0.723. The van der Waals surface area contributed by atoms with Crippen LogP contribution in [0.2, 0.25) is 0 Å². The maximum absolute atomic E-state index is 13.6. The lowest BCUT2D eigenvalue weighted by Gasteiger charge is -2.29. The van der Waals surface area contributed by atoms with E-state index in [1.54, 1.807) is 17.0 Å². The molecule has 1 aromatic carbocycles. The van der Waals surface area contributed by atoms with Crippen LogP contribution in [0, 0.1) is 17.1 Å². The van der Waals surface area contributed by atoms with Crippen molar-refractivity contribution in [1.82, 2.24) is 9.13 Å². The molecular weight excluding hydrogens is 327 g/mol. The standard InChI is InChI=1S/C17H17FN4O3/c1-20-15(13(8-19)16(24)21(2)17(20)25)22-9-12(23)7-14(22)10-4-3-5-11(18)6-10/h3-6,12,14,23H,7,9H2,1-2H3/t12-,14+/m1/s1. The van der Waals surface area contributed by atoms with Gasteiger partial charge in [0.2, 0.25) is 0 Å². The summed E-state index contributed by atoms with van der Waals surface area (Å²) in [5.41, 5.74) is -0.841. The number of aliphatic hydroxyl groups excluding tert-OH is 1. The Morgan fingerprint density at radius 2 is 2.00 bits per heavy atom. The second-order valence-corrected chi connectivity index (χ2v) is 6.13. The fourth-order valence-corrected chi connectivity index (χ4v) is 3.35. The Bertz CT molecular complexity index is 989. The summed E-state index contributed by atoms with van der Waals surface area (Å²) in [6.45, 7) is 0.135. The van der Waals surface area contributed by atoms with Crippen molar-refractivity contribution in [2.45, 2.75) is 18.6 Å². The highest BCUT2D eigenvalue weighted by molar-refractivity contribution is 5.56. The molecule has 1 aliphatic rings. The van der Waals surface area contributed by atoms with Gasteiger partial charge >= 0.3 is 5.69 Å². The monoisotopic (exact) mass is 344 g/mol. The Morgan fingerprint density at radius 3 is 2.64 bits per heavy atom. The third-order valence-corrected chi connectivity index (χ3v) is 4.53. The van der Waals surface area contributed by atoms with E-state index in [1.165, 1.54) is 30.8 Å². The van der Waals surface area contributed by atoms with Crippen molar-refractivity contribution < 1.29 is 9.50 Å². The van der Waals surface area contributed by atoms with Crippen LogP contribution in [0.25, 0.3) is 0 Å². The zero-order valence-corrected chi connectivity index (χ0v) is 13.8. The van der Waals surface area contributed by atoms with Crippen molar-refractivity contribution in [2.24, 2.45) is 14.1 Å². The first kappa shape index (κ1) is 16.9. The average Bonchev–Trinajstić information content (AvgIpc) is 2.97. The topological polar surface area (TPSA) is 91.3 Å². The number of nitriles is 1. The molecule has 0 amide bonds. The molecular formula is C17H17FN4O3. The molecule has 0 bridgehead atoms. The van der Waals surface area contributed by atoms with Gasteiger partial charge in [0.05, 0.1) is 12.1 Å². The fraction of sp³-hybridized carbons (Fsp3) is 0.353. The molecule has 0 radical (unpaired) electrons. The number of β-amino-alcohol motifs (C(OH)–C–C–N with tert-alkyl or cyclic N) is 1. The van der Waals surface area contributed by atoms with Gasteiger partial charge in [-0.1, -0.05) is 12.1 Å². The van der Waals surface area contributed by atoms with Gasteiger partial charge < -0.3 is 10.0 Å². The van der Waals surface area contributed by atoms with E-state index in [2.05, 4.69) is 0 Å². The number of hydrogen-bond donors (Lipinski definition) is 1. The smallest absolute Gasteiger partial charge is 0.332 e. The van der Waals surface area contributed by atoms with Crippen molar-refractivity contribution in [3.8, 4) is 6.07 Å². The highest BCUT2D eigenvalue weighted by atomic mass is 19.1. The van der Waals surface area contributed by atoms with Crippen LogP contribution < -0.4 is 16.1 Å². The number of anilines is 1. The van der Waals surface area contributed by atoms with E-state index in [9.17, 15) is 24.3 Å². The second-order valence-electron chi connectivity index (χ2n) is 6.13. The number of halogens is 1. The van der Waals surface area contributed by atoms with Crippen LogP contribution >= 0.6 is 0 Å². The normalized spacial score (nSPS) is 19.9.